The van der Waals surface area contributed by atoms with Gasteiger partial charge < -0.3 is 37.2 Å². The first-order chi connectivity index (χ1) is 47.2. The first-order valence-corrected chi connectivity index (χ1v) is 33.4. The maximum Gasteiger partial charge on any atom is 0.488 e. The Balaban J connectivity index is 0.000000133. The maximum atomic E-state index is 8.76. The molecule has 0 saturated carbocycles. The zero-order valence-corrected chi connectivity index (χ0v) is 54.5. The number of halogens is 1. The van der Waals surface area contributed by atoms with Crippen molar-refractivity contribution < 1.29 is 18.9 Å². The molecular weight excluding hydrogens is 1310 g/mol. The van der Waals surface area contributed by atoms with Crippen LogP contribution < -0.4 is 5.46 Å². The van der Waals surface area contributed by atoms with E-state index in [1.165, 1.54) is 98.4 Å². The first kappa shape index (κ1) is 61.5. The van der Waals surface area contributed by atoms with Crippen molar-refractivity contribution >= 4 is 166 Å². The second-order valence-corrected chi connectivity index (χ2v) is 25.9. The van der Waals surface area contributed by atoms with Gasteiger partial charge in [0, 0.05) is 92.9 Å². The number of rotatable bonds is 6. The number of benzene rings is 14. The lowest BCUT2D eigenvalue weighted by Gasteiger charge is -2.13. The summed E-state index contributed by atoms with van der Waals surface area (Å²) in [5, 5.41) is 32.0. The molecule has 20 aromatic rings. The number of para-hydroxylation sites is 8. The largest absolute Gasteiger partial charge is 0.488 e. The van der Waals surface area contributed by atoms with Crippen LogP contribution >= 0.6 is 22.6 Å². The van der Waals surface area contributed by atoms with E-state index in [9.17, 15) is 0 Å². The third-order valence-corrected chi connectivity index (χ3v) is 20.1. The van der Waals surface area contributed by atoms with Crippen LogP contribution in [0.25, 0.3) is 165 Å². The molecule has 0 amide bonds. The van der Waals surface area contributed by atoms with E-state index in [4.69, 9.17) is 18.9 Å². The van der Waals surface area contributed by atoms with E-state index in [2.05, 4.69) is 327 Å². The lowest BCUT2D eigenvalue weighted by Crippen LogP contribution is -2.31. The summed E-state index contributed by atoms with van der Waals surface area (Å²) in [7, 11) is -1.35. The number of aryl methyl sites for hydroxylation is 2. The molecule has 2 N–H and O–H groups in total. The topological polar surface area (TPSA) is 86.5 Å². The molecule has 6 aromatic heterocycles. The van der Waals surface area contributed by atoms with Crippen molar-refractivity contribution in [1.29, 1.82) is 0 Å². The summed E-state index contributed by atoms with van der Waals surface area (Å²) < 4.78 is 23.8. The van der Waals surface area contributed by atoms with E-state index in [0.29, 0.717) is 5.46 Å². The summed E-state index contributed by atoms with van der Waals surface area (Å²) in [5.74, 6) is 0. The molecule has 0 fully saturated rings. The molecule has 0 unspecified atom stereocenters. The highest BCUT2D eigenvalue weighted by atomic mass is 127. The molecule has 0 aliphatic heterocycles. The predicted molar refractivity (Wildman–Crippen MR) is 422 cm³/mol. The molecule has 98 heavy (non-hydrogen) atoms. The molecule has 0 aliphatic carbocycles. The van der Waals surface area contributed by atoms with Gasteiger partial charge in [0.1, 0.15) is 22.3 Å². The van der Waals surface area contributed by atoms with Crippen molar-refractivity contribution in [2.45, 2.75) is 28.7 Å². The van der Waals surface area contributed by atoms with E-state index < -0.39 is 7.12 Å². The summed E-state index contributed by atoms with van der Waals surface area (Å²) in [4.78, 5) is 0. The highest BCUT2D eigenvalue weighted by molar-refractivity contribution is 14.1. The van der Waals surface area contributed by atoms with Gasteiger partial charge >= 0.3 is 7.12 Å². The Kier molecular flexibility index (Phi) is 15.5. The highest BCUT2D eigenvalue weighted by Crippen LogP contribution is 2.44. The van der Waals surface area contributed by atoms with Crippen molar-refractivity contribution in [2.75, 3.05) is 0 Å². The van der Waals surface area contributed by atoms with Crippen LogP contribution in [0.4, 0.5) is 0 Å². The van der Waals surface area contributed by atoms with Gasteiger partial charge in [-0.25, -0.2) is 0 Å². The fourth-order valence-electron chi connectivity index (χ4n) is 15.0. The van der Waals surface area contributed by atoms with Crippen LogP contribution in [0.2, 0.25) is 0 Å². The molecule has 20 rings (SSSR count). The van der Waals surface area contributed by atoms with Gasteiger partial charge in [-0.1, -0.05) is 215 Å². The molecule has 472 valence electrons. The van der Waals surface area contributed by atoms with Gasteiger partial charge in [0.25, 0.3) is 0 Å². The normalized spacial score (nSPS) is 11.6. The van der Waals surface area contributed by atoms with Gasteiger partial charge in [0.2, 0.25) is 0 Å². The van der Waals surface area contributed by atoms with Crippen molar-refractivity contribution in [2.24, 2.45) is 0 Å². The SMILES string of the molecule is C.C.Cc1ccccc1-c1cc(-n2c3ccccc3c3ccccc32)cc2c1oc1ccc(-n3c4ccccc4c4ccccc43)cc12.Cc1ccccc1B(O)O.Ic1cc(-n2c3ccccc3c3ccccc32)cc2c1oc1ccc(-n3c4ccccc4c4ccccc43)cc12. The standard InChI is InChI=1S/C43H28N2O.C36H21IN2O.C7H9BO2.2CH4/c1-27-12-2-3-13-30(27)36-25-29(45-40-20-10-6-16-33(40)34-17-7-11-21-41(34)45)26-37-35-24-28(22-23-42(35)46-43(36)37)44-38-18-8-4-14-31(38)32-15-5-9-19-39(32)44;37-30-21-23(39-33-15-7-3-11-26(33)27-12-4-8-16-34(27)39)20-29-28-19-22(17-18-35(28)40-36(29)30)38-31-13-5-1-9-24(31)25-10-2-6-14-32(25)38;1-6-4-2-3-5-7(6)8(9)10;;/h2-26H,1H3;1-21H;2-5,9-10H,1H3;2*1H4. The third-order valence-electron chi connectivity index (χ3n) is 19.3. The van der Waals surface area contributed by atoms with E-state index in [1.54, 1.807) is 12.1 Å². The Morgan fingerprint density at radius 2 is 0.571 bits per heavy atom. The van der Waals surface area contributed by atoms with Crippen LogP contribution in [0.3, 0.4) is 0 Å². The summed E-state index contributed by atoms with van der Waals surface area (Å²) in [6, 6.07) is 107. The molecule has 0 spiro atoms. The number of hydrogen-bond donors (Lipinski definition) is 2. The molecule has 8 nitrogen and oxygen atoms in total. The van der Waals surface area contributed by atoms with Crippen LogP contribution in [-0.4, -0.2) is 35.4 Å². The monoisotopic (exact) mass is 1380 g/mol. The Morgan fingerprint density at radius 3 is 0.929 bits per heavy atom. The van der Waals surface area contributed by atoms with Crippen molar-refractivity contribution in [3.63, 3.8) is 0 Å². The fraction of sp³-hybridized carbons (Fsp3) is 0.0455. The molecule has 14 aromatic carbocycles. The molecule has 0 bridgehead atoms. The Hall–Kier alpha value is -11.4. The average molecular weight is 1380 g/mol. The molecule has 0 aliphatic rings. The summed E-state index contributed by atoms with van der Waals surface area (Å²) in [6.07, 6.45) is 0. The second kappa shape index (κ2) is 24.7. The van der Waals surface area contributed by atoms with Gasteiger partial charge in [-0.3, -0.25) is 0 Å². The lowest BCUT2D eigenvalue weighted by atomic mass is 9.77. The van der Waals surface area contributed by atoms with Gasteiger partial charge in [0.15, 0.2) is 0 Å². The fourth-order valence-corrected chi connectivity index (χ4v) is 15.7. The van der Waals surface area contributed by atoms with Crippen LogP contribution in [0.5, 0.6) is 0 Å². The van der Waals surface area contributed by atoms with Crippen molar-refractivity contribution in [3.8, 4) is 33.9 Å². The summed E-state index contributed by atoms with van der Waals surface area (Å²) in [6.45, 7) is 4.02. The minimum absolute atomic E-state index is 0. The Bertz CT molecular complexity index is 6300. The van der Waals surface area contributed by atoms with Gasteiger partial charge in [0.05, 0.1) is 47.7 Å². The summed E-state index contributed by atoms with van der Waals surface area (Å²) >= 11 is 2.42. The Morgan fingerprint density at radius 1 is 0.276 bits per heavy atom. The van der Waals surface area contributed by atoms with Gasteiger partial charge in [-0.05, 0) is 162 Å². The molecule has 6 heterocycles. The third kappa shape index (κ3) is 9.88. The number of aromatic nitrogens is 4. The minimum Gasteiger partial charge on any atom is -0.455 e. The predicted octanol–water partition coefficient (Wildman–Crippen LogP) is 23.1. The van der Waals surface area contributed by atoms with Gasteiger partial charge in [-0.15, -0.1) is 0 Å². The van der Waals surface area contributed by atoms with Crippen LogP contribution in [0, 0.1) is 17.4 Å². The van der Waals surface area contributed by atoms with Crippen LogP contribution in [0.15, 0.2) is 312 Å². The zero-order chi connectivity index (χ0) is 64.3. The number of nitrogens with zero attached hydrogens (tertiary/aromatic N) is 4. The van der Waals surface area contributed by atoms with Crippen molar-refractivity contribution in [3.05, 3.63) is 318 Å². The molecule has 0 atom stereocenters. The number of furan rings is 2. The quantitative estimate of drug-likeness (QED) is 0.128. The Labute approximate surface area is 580 Å². The second-order valence-electron chi connectivity index (χ2n) is 24.8. The number of hydrogen-bond acceptors (Lipinski definition) is 4. The van der Waals surface area contributed by atoms with E-state index in [0.717, 1.165) is 81.3 Å². The zero-order valence-electron chi connectivity index (χ0n) is 52.3. The molecule has 10 heteroatoms. The van der Waals surface area contributed by atoms with Crippen LogP contribution in [0.1, 0.15) is 26.0 Å². The highest BCUT2D eigenvalue weighted by Gasteiger charge is 2.23. The number of fused-ring (bicyclic) bond motifs is 18. The average Bonchev–Trinajstić information content (AvgIpc) is 1.63. The lowest BCUT2D eigenvalue weighted by molar-refractivity contribution is 0.425. The first-order valence-electron chi connectivity index (χ1n) is 32.3. The van der Waals surface area contributed by atoms with E-state index in [-0.39, 0.29) is 14.9 Å². The maximum absolute atomic E-state index is 8.76. The van der Waals surface area contributed by atoms with E-state index >= 15 is 0 Å². The minimum atomic E-state index is -1.35. The van der Waals surface area contributed by atoms with Gasteiger partial charge in [-0.2, -0.15) is 0 Å². The smallest absolute Gasteiger partial charge is 0.455 e. The molecule has 0 saturated heterocycles. The molecule has 0 radical (unpaired) electrons. The summed E-state index contributed by atoms with van der Waals surface area (Å²) in [5.41, 5.74) is 22.7. The molecular formula is C88H66BIN4O4. The van der Waals surface area contributed by atoms with Crippen molar-refractivity contribution in [1.82, 2.24) is 18.3 Å². The van der Waals surface area contributed by atoms with Crippen LogP contribution in [-0.2, 0) is 0 Å². The van der Waals surface area contributed by atoms with E-state index in [1.807, 2.05) is 19.1 Å².